The van der Waals surface area contributed by atoms with Crippen molar-refractivity contribution in [2.75, 3.05) is 0 Å². The molecule has 0 bridgehead atoms. The van der Waals surface area contributed by atoms with Crippen LogP contribution >= 0.6 is 0 Å². The first kappa shape index (κ1) is 85.0. The van der Waals surface area contributed by atoms with Crippen molar-refractivity contribution in [2.45, 2.75) is 387 Å². The van der Waals surface area contributed by atoms with Crippen molar-refractivity contribution in [2.24, 2.45) is 9.98 Å². The Bertz CT molecular complexity index is 2290. The fourth-order valence-corrected chi connectivity index (χ4v) is 12.1. The first-order valence-corrected chi connectivity index (χ1v) is 38.9. The Morgan fingerprint density at radius 3 is 0.989 bits per heavy atom. The van der Waals surface area contributed by atoms with Gasteiger partial charge in [-0.25, -0.2) is 4.99 Å². The molecule has 0 aliphatic carbocycles. The molecule has 0 spiro atoms. The maximum Gasteiger partial charge on any atom is 2.00 e. The van der Waals surface area contributed by atoms with E-state index in [0.29, 0.717) is 0 Å². The molecule has 514 valence electrons. The number of nitrogens with zero attached hydrogens (tertiary/aromatic N) is 2. The zero-order chi connectivity index (χ0) is 64.4. The number of hydrogen-bond acceptors (Lipinski definition) is 4. The maximum atomic E-state index is 10.5. The van der Waals surface area contributed by atoms with Gasteiger partial charge in [0.25, 0.3) is 0 Å². The third-order valence-electron chi connectivity index (χ3n) is 17.9. The molecule has 0 fully saturated rings. The summed E-state index contributed by atoms with van der Waals surface area (Å²) < 4.78 is 0. The van der Waals surface area contributed by atoms with Gasteiger partial charge in [-0.2, -0.15) is 0 Å². The molecule has 3 aromatic rings. The minimum absolute atomic E-state index is 0. The molecule has 5 heteroatoms. The van der Waals surface area contributed by atoms with E-state index in [4.69, 9.17) is 9.98 Å². The molecule has 3 rings (SSSR count). The van der Waals surface area contributed by atoms with Gasteiger partial charge in [-0.1, -0.05) is 407 Å². The summed E-state index contributed by atoms with van der Waals surface area (Å²) in [4.78, 5) is 10.1. The smallest absolute Gasteiger partial charge is 0.873 e. The van der Waals surface area contributed by atoms with Gasteiger partial charge in [0, 0.05) is 24.0 Å². The fraction of sp³-hybridized carbons (Fsp3) is 0.698. The summed E-state index contributed by atoms with van der Waals surface area (Å²) in [5.74, 6) is 13.0. The summed E-state index contributed by atoms with van der Waals surface area (Å²) in [5.41, 5.74) is 5.63. The number of aryl methyl sites for hydroxylation is 1. The van der Waals surface area contributed by atoms with Crippen LogP contribution in [0.15, 0.2) is 88.9 Å². The van der Waals surface area contributed by atoms with E-state index in [-0.39, 0.29) is 16.5 Å². The molecule has 0 saturated heterocycles. The molecule has 91 heavy (non-hydrogen) atoms. The second kappa shape index (κ2) is 67.4. The molecule has 0 N–H and O–H groups in total. The van der Waals surface area contributed by atoms with Crippen molar-refractivity contribution in [3.63, 3.8) is 0 Å². The summed E-state index contributed by atoms with van der Waals surface area (Å²) >= 11 is 0. The number of benzene rings is 3. The molecule has 0 aromatic heterocycles. The standard InChI is InChI=1S/C79H132N2.C7H8O2.Ni/c1-4-7-10-13-16-19-22-25-28-31-34-35-36-37-38-41-44-47-50-53-56-59-62-69-79(81-78-71-64-68-76(73-78)66-61-58-55-52-49-46-43-40-33-30-27-24-21-18-15-12-9-6-3)74-80-77-70-63-67-75(72-77)65-60-57-54-51-48-45-42-39-32-29-26-23-20-17-14-11-8-5-2;1-5-2-3-6(8)7(9)4-5;/h62-64,67-74H,4-59H2,1-3H3;2-4,8-9H,1H3;/q;;+2/p-2. The van der Waals surface area contributed by atoms with E-state index in [9.17, 15) is 10.2 Å². The van der Waals surface area contributed by atoms with Crippen LogP contribution in [-0.2, 0) is 16.5 Å². The first-order chi connectivity index (χ1) is 44.4. The summed E-state index contributed by atoms with van der Waals surface area (Å²) in [7, 11) is 0. The maximum absolute atomic E-state index is 10.5. The van der Waals surface area contributed by atoms with Crippen LogP contribution in [-0.4, -0.2) is 11.9 Å². The number of hydrogen-bond donors (Lipinski definition) is 0. The largest absolute Gasteiger partial charge is 2.00 e. The van der Waals surface area contributed by atoms with Crippen molar-refractivity contribution < 1.29 is 26.7 Å². The monoisotopic (exact) mass is 1290 g/mol. The van der Waals surface area contributed by atoms with Gasteiger partial charge in [-0.05, 0) is 75.1 Å². The molecule has 3 aromatic carbocycles. The predicted octanol–water partition coefficient (Wildman–Crippen LogP) is 27.5. The average Bonchev–Trinajstić information content (AvgIpc) is 3.55. The van der Waals surface area contributed by atoms with E-state index in [1.54, 1.807) is 13.0 Å². The Hall–Kier alpha value is -4.05. The minimum Gasteiger partial charge on any atom is -0.873 e. The average molecular weight is 1290 g/mol. The van der Waals surface area contributed by atoms with E-state index in [0.717, 1.165) is 53.0 Å². The number of allylic oxidation sites excluding steroid dienone is 2. The second-order valence-corrected chi connectivity index (χ2v) is 26.8. The van der Waals surface area contributed by atoms with E-state index >= 15 is 0 Å². The molecule has 0 atom stereocenters. The molecule has 0 aliphatic rings. The zero-order valence-corrected chi connectivity index (χ0v) is 60.7. The van der Waals surface area contributed by atoms with Gasteiger partial charge in [0.15, 0.2) is 0 Å². The quantitative estimate of drug-likeness (QED) is 0.0245. The summed E-state index contributed by atoms with van der Waals surface area (Å²) in [6, 6.07) is 21.1. The predicted molar refractivity (Wildman–Crippen MR) is 397 cm³/mol. The van der Waals surface area contributed by atoms with Crippen LogP contribution in [0.2, 0.25) is 0 Å². The van der Waals surface area contributed by atoms with Crippen LogP contribution in [0.5, 0.6) is 11.5 Å². The van der Waals surface area contributed by atoms with Crippen molar-refractivity contribution in [3.05, 3.63) is 95.6 Å². The van der Waals surface area contributed by atoms with E-state index < -0.39 is 11.5 Å². The third kappa shape index (κ3) is 57.2. The Morgan fingerprint density at radius 1 is 0.352 bits per heavy atom. The molecule has 0 unspecified atom stereocenters. The Balaban J connectivity index is 0.00000378. The zero-order valence-electron chi connectivity index (χ0n) is 59.7. The SMILES string of the molecule is CCCCCCCCCCCCCCCCCCC#Cc1cccc(N=CC(C=CCCCCCCCCCCCCCCCCCCCCCCC)=Nc2cccc(C#CCCCCCCCCCCCCCCCCCC)c2)c1.Cc1ccc([O-])c([O-])c1.[Ni+2]. The second-order valence-electron chi connectivity index (χ2n) is 26.8. The molecular weight excluding hydrogens is 1150 g/mol. The van der Waals surface area contributed by atoms with E-state index in [1.807, 2.05) is 6.21 Å². The van der Waals surface area contributed by atoms with Crippen LogP contribution in [0.25, 0.3) is 0 Å². The molecule has 0 saturated carbocycles. The first-order valence-electron chi connectivity index (χ1n) is 38.9. The normalized spacial score (nSPS) is 11.4. The van der Waals surface area contributed by atoms with Gasteiger partial charge in [0.05, 0.1) is 23.3 Å². The third-order valence-corrected chi connectivity index (χ3v) is 17.9. The fourth-order valence-electron chi connectivity index (χ4n) is 12.1. The van der Waals surface area contributed by atoms with Gasteiger partial charge >= 0.3 is 16.5 Å². The van der Waals surface area contributed by atoms with Gasteiger partial charge in [0.2, 0.25) is 0 Å². The number of unbranched alkanes of at least 4 members (excludes halogenated alkanes) is 53. The van der Waals surface area contributed by atoms with Crippen molar-refractivity contribution in [1.82, 2.24) is 0 Å². The summed E-state index contributed by atoms with van der Waals surface area (Å²) in [6.07, 6.45) is 83.9. The molecular formula is C86H138N2NiO2. The molecule has 0 aliphatic heterocycles. The van der Waals surface area contributed by atoms with Gasteiger partial charge in [0.1, 0.15) is 0 Å². The van der Waals surface area contributed by atoms with Crippen molar-refractivity contribution in [1.29, 1.82) is 0 Å². The number of aliphatic imine (C=N–C) groups is 2. The summed E-state index contributed by atoms with van der Waals surface area (Å²) in [5, 5.41) is 21.0. The van der Waals surface area contributed by atoms with Crippen LogP contribution in [0.4, 0.5) is 11.4 Å². The van der Waals surface area contributed by atoms with Crippen LogP contribution in [0.1, 0.15) is 397 Å². The van der Waals surface area contributed by atoms with Crippen LogP contribution in [0.3, 0.4) is 0 Å². The van der Waals surface area contributed by atoms with Gasteiger partial charge in [-0.15, -0.1) is 11.5 Å². The minimum atomic E-state index is -0.430. The number of rotatable bonds is 58. The van der Waals surface area contributed by atoms with Crippen molar-refractivity contribution >= 4 is 23.3 Å². The molecule has 0 radical (unpaired) electrons. The topological polar surface area (TPSA) is 70.8 Å². The molecule has 0 amide bonds. The molecule has 0 heterocycles. The van der Waals surface area contributed by atoms with Crippen LogP contribution in [0, 0.1) is 30.6 Å². The van der Waals surface area contributed by atoms with E-state index in [1.165, 1.54) is 352 Å². The molecule has 4 nitrogen and oxygen atoms in total. The summed E-state index contributed by atoms with van der Waals surface area (Å²) in [6.45, 7) is 8.70. The Labute approximate surface area is 574 Å². The van der Waals surface area contributed by atoms with Crippen LogP contribution < -0.4 is 10.2 Å². The van der Waals surface area contributed by atoms with Crippen molar-refractivity contribution in [3.8, 4) is 35.2 Å². The van der Waals surface area contributed by atoms with E-state index in [2.05, 4.69) is 105 Å². The Morgan fingerprint density at radius 2 is 0.659 bits per heavy atom. The van der Waals surface area contributed by atoms with Gasteiger partial charge < -0.3 is 10.2 Å². The Kier molecular flexibility index (Phi) is 62.9. The van der Waals surface area contributed by atoms with Gasteiger partial charge in [-0.3, -0.25) is 4.99 Å².